The van der Waals surface area contributed by atoms with Gasteiger partial charge in [-0.05, 0) is 35.4 Å². The Bertz CT molecular complexity index is 641. The highest BCUT2D eigenvalue weighted by Gasteiger charge is 2.34. The monoisotopic (exact) mass is 315 g/mol. The van der Waals surface area contributed by atoms with E-state index in [1.54, 1.807) is 0 Å². The molecule has 2 aromatic rings. The molecule has 3 heteroatoms. The van der Waals surface area contributed by atoms with Gasteiger partial charge in [-0.15, -0.1) is 12.4 Å². The van der Waals surface area contributed by atoms with E-state index in [0.717, 1.165) is 18.4 Å². The maximum absolute atomic E-state index is 12.8. The molecule has 0 heterocycles. The van der Waals surface area contributed by atoms with Crippen molar-refractivity contribution < 1.29 is 4.79 Å². The van der Waals surface area contributed by atoms with Crippen molar-refractivity contribution in [3.05, 3.63) is 71.3 Å². The molecule has 3 atom stereocenters. The Kier molecular flexibility index (Phi) is 5.38. The van der Waals surface area contributed by atoms with Gasteiger partial charge in [0.15, 0.2) is 5.78 Å². The number of halogens is 1. The summed E-state index contributed by atoms with van der Waals surface area (Å²) in [7, 11) is 0. The summed E-state index contributed by atoms with van der Waals surface area (Å²) in [6.07, 6.45) is 1.63. The first kappa shape index (κ1) is 16.7. The Morgan fingerprint density at radius 2 is 1.68 bits per heavy atom. The van der Waals surface area contributed by atoms with E-state index in [4.69, 9.17) is 5.73 Å². The molecule has 116 valence electrons. The van der Waals surface area contributed by atoms with Gasteiger partial charge in [-0.1, -0.05) is 61.5 Å². The summed E-state index contributed by atoms with van der Waals surface area (Å²) in [6.45, 7) is 2.13. The Labute approximate surface area is 138 Å². The second-order valence-electron chi connectivity index (χ2n) is 5.92. The summed E-state index contributed by atoms with van der Waals surface area (Å²) in [5.41, 5.74) is 9.74. The second-order valence-corrected chi connectivity index (χ2v) is 5.92. The maximum Gasteiger partial charge on any atom is 0.157 e. The van der Waals surface area contributed by atoms with Gasteiger partial charge in [0.05, 0.1) is 12.0 Å². The minimum absolute atomic E-state index is 0. The first-order chi connectivity index (χ1) is 10.2. The van der Waals surface area contributed by atoms with Crippen molar-refractivity contribution in [1.82, 2.24) is 0 Å². The Balaban J connectivity index is 0.00000176. The molecular weight excluding hydrogens is 294 g/mol. The highest BCUT2D eigenvalue weighted by atomic mass is 35.5. The van der Waals surface area contributed by atoms with Gasteiger partial charge in [0, 0.05) is 0 Å². The average molecular weight is 316 g/mol. The van der Waals surface area contributed by atoms with Crippen LogP contribution < -0.4 is 5.73 Å². The first-order valence-corrected chi connectivity index (χ1v) is 7.60. The molecule has 0 aliphatic heterocycles. The lowest BCUT2D eigenvalue weighted by Gasteiger charge is -2.25. The molecule has 2 N–H and O–H groups in total. The van der Waals surface area contributed by atoms with Gasteiger partial charge >= 0.3 is 0 Å². The van der Waals surface area contributed by atoms with Gasteiger partial charge in [0.2, 0.25) is 0 Å². The fraction of sp³-hybridized carbons (Fsp3) is 0.316. The third-order valence-corrected chi connectivity index (χ3v) is 4.61. The quantitative estimate of drug-likeness (QED) is 0.856. The number of carbonyl (C=O) groups excluding carboxylic acids is 1. The highest BCUT2D eigenvalue weighted by molar-refractivity contribution is 5.92. The van der Waals surface area contributed by atoms with Crippen molar-refractivity contribution in [2.45, 2.75) is 37.6 Å². The van der Waals surface area contributed by atoms with Crippen LogP contribution in [-0.4, -0.2) is 11.8 Å². The van der Waals surface area contributed by atoms with E-state index in [-0.39, 0.29) is 36.1 Å². The van der Waals surface area contributed by atoms with Crippen LogP contribution in [0.1, 0.15) is 41.9 Å². The first-order valence-electron chi connectivity index (χ1n) is 7.60. The van der Waals surface area contributed by atoms with Crippen LogP contribution in [0.25, 0.3) is 0 Å². The number of ketones is 1. The van der Waals surface area contributed by atoms with E-state index in [1.165, 1.54) is 11.1 Å². The molecule has 0 spiro atoms. The molecule has 0 fully saturated rings. The molecule has 1 aliphatic carbocycles. The minimum Gasteiger partial charge on any atom is -0.321 e. The van der Waals surface area contributed by atoms with Crippen LogP contribution in [-0.2, 0) is 11.2 Å². The molecule has 2 aromatic carbocycles. The topological polar surface area (TPSA) is 43.1 Å². The predicted octanol–water partition coefficient (Wildman–Crippen LogP) is 3.84. The SMILES string of the molecule is CC(c1ccccc1)C1C(=O)C(N)CCc2ccccc21.Cl. The van der Waals surface area contributed by atoms with Gasteiger partial charge in [-0.3, -0.25) is 4.79 Å². The number of fused-ring (bicyclic) bond motifs is 1. The van der Waals surface area contributed by atoms with Crippen LogP contribution in [0.4, 0.5) is 0 Å². The van der Waals surface area contributed by atoms with E-state index < -0.39 is 0 Å². The number of carbonyl (C=O) groups is 1. The maximum atomic E-state index is 12.8. The molecule has 0 saturated carbocycles. The predicted molar refractivity (Wildman–Crippen MR) is 92.6 cm³/mol. The molecule has 3 rings (SSSR count). The molecule has 0 amide bonds. The highest BCUT2D eigenvalue weighted by Crippen LogP contribution is 2.38. The summed E-state index contributed by atoms with van der Waals surface area (Å²) in [4.78, 5) is 12.8. The summed E-state index contributed by atoms with van der Waals surface area (Å²) in [5.74, 6) is 0.182. The number of benzene rings is 2. The van der Waals surface area contributed by atoms with E-state index in [9.17, 15) is 4.79 Å². The van der Waals surface area contributed by atoms with Crippen LogP contribution in [0, 0.1) is 0 Å². The number of nitrogens with two attached hydrogens (primary N) is 1. The lowest BCUT2D eigenvalue weighted by Crippen LogP contribution is -2.35. The second kappa shape index (κ2) is 7.08. The zero-order chi connectivity index (χ0) is 14.8. The number of aryl methyl sites for hydroxylation is 1. The normalized spacial score (nSPS) is 22.2. The Morgan fingerprint density at radius 1 is 1.05 bits per heavy atom. The number of Topliss-reactive ketones (excluding diaryl/α,β-unsaturated/α-hetero) is 1. The van der Waals surface area contributed by atoms with Crippen molar-refractivity contribution in [3.8, 4) is 0 Å². The largest absolute Gasteiger partial charge is 0.321 e. The standard InChI is InChI=1S/C19H21NO.ClH/c1-13(14-7-3-2-4-8-14)18-16-10-6-5-9-15(16)11-12-17(20)19(18)21;/h2-10,13,17-18H,11-12,20H2,1H3;1H. The zero-order valence-electron chi connectivity index (χ0n) is 12.7. The molecule has 0 saturated heterocycles. The van der Waals surface area contributed by atoms with Crippen LogP contribution in [0.2, 0.25) is 0 Å². The van der Waals surface area contributed by atoms with Crippen molar-refractivity contribution >= 4 is 18.2 Å². The van der Waals surface area contributed by atoms with Gasteiger partial charge < -0.3 is 5.73 Å². The van der Waals surface area contributed by atoms with Crippen LogP contribution in [0.5, 0.6) is 0 Å². The third kappa shape index (κ3) is 3.08. The lowest BCUT2D eigenvalue weighted by molar-refractivity contribution is -0.122. The zero-order valence-corrected chi connectivity index (χ0v) is 13.6. The molecule has 2 nitrogen and oxygen atoms in total. The number of rotatable bonds is 2. The lowest BCUT2D eigenvalue weighted by atomic mass is 9.78. The number of hydrogen-bond donors (Lipinski definition) is 1. The van der Waals surface area contributed by atoms with Crippen molar-refractivity contribution in [3.63, 3.8) is 0 Å². The molecule has 1 aliphatic rings. The van der Waals surface area contributed by atoms with Gasteiger partial charge in [-0.2, -0.15) is 0 Å². The average Bonchev–Trinajstić information content (AvgIpc) is 2.65. The summed E-state index contributed by atoms with van der Waals surface area (Å²) in [6, 6.07) is 18.2. The van der Waals surface area contributed by atoms with Gasteiger partial charge in [-0.25, -0.2) is 0 Å². The van der Waals surface area contributed by atoms with Crippen LogP contribution >= 0.6 is 12.4 Å². The number of hydrogen-bond acceptors (Lipinski definition) is 2. The molecule has 0 aromatic heterocycles. The van der Waals surface area contributed by atoms with Crippen LogP contribution in [0.15, 0.2) is 54.6 Å². The van der Waals surface area contributed by atoms with Crippen molar-refractivity contribution in [2.24, 2.45) is 5.73 Å². The summed E-state index contributed by atoms with van der Waals surface area (Å²) >= 11 is 0. The molecular formula is C19H22ClNO. The van der Waals surface area contributed by atoms with E-state index >= 15 is 0 Å². The fourth-order valence-electron chi connectivity index (χ4n) is 3.37. The van der Waals surface area contributed by atoms with Gasteiger partial charge in [0.1, 0.15) is 0 Å². The fourth-order valence-corrected chi connectivity index (χ4v) is 3.37. The Morgan fingerprint density at radius 3 is 2.41 bits per heavy atom. The van der Waals surface area contributed by atoms with E-state index in [1.807, 2.05) is 30.3 Å². The summed E-state index contributed by atoms with van der Waals surface area (Å²) in [5, 5.41) is 0. The smallest absolute Gasteiger partial charge is 0.157 e. The molecule has 0 radical (unpaired) electrons. The minimum atomic E-state index is -0.353. The summed E-state index contributed by atoms with van der Waals surface area (Å²) < 4.78 is 0. The van der Waals surface area contributed by atoms with Crippen molar-refractivity contribution in [2.75, 3.05) is 0 Å². The molecule has 3 unspecified atom stereocenters. The molecule has 22 heavy (non-hydrogen) atoms. The molecule has 0 bridgehead atoms. The Hall–Kier alpha value is -1.64. The van der Waals surface area contributed by atoms with E-state index in [2.05, 4.69) is 31.2 Å². The third-order valence-electron chi connectivity index (χ3n) is 4.61. The van der Waals surface area contributed by atoms with Crippen molar-refractivity contribution in [1.29, 1.82) is 0 Å². The van der Waals surface area contributed by atoms with E-state index in [0.29, 0.717) is 0 Å². The van der Waals surface area contributed by atoms with Gasteiger partial charge in [0.25, 0.3) is 0 Å². The van der Waals surface area contributed by atoms with Crippen LogP contribution in [0.3, 0.4) is 0 Å².